The van der Waals surface area contributed by atoms with E-state index < -0.39 is 0 Å². The first kappa shape index (κ1) is 30.3. The van der Waals surface area contributed by atoms with Crippen molar-refractivity contribution in [3.8, 4) is 16.9 Å². The normalized spacial score (nSPS) is 20.7. The molecule has 4 aliphatic rings. The Hall–Kier alpha value is -6.14. The summed E-state index contributed by atoms with van der Waals surface area (Å²) in [7, 11) is 0. The van der Waals surface area contributed by atoms with Crippen molar-refractivity contribution in [3.63, 3.8) is 0 Å². The highest BCUT2D eigenvalue weighted by Crippen LogP contribution is 2.57. The third-order valence-electron chi connectivity index (χ3n) is 13.1. The Kier molecular flexibility index (Phi) is 6.03. The first-order valence-electron chi connectivity index (χ1n) is 19.3. The van der Waals surface area contributed by atoms with E-state index in [1.807, 2.05) is 0 Å². The molecule has 0 spiro atoms. The van der Waals surface area contributed by atoms with Crippen LogP contribution >= 0.6 is 0 Å². The summed E-state index contributed by atoms with van der Waals surface area (Å²) in [5, 5.41) is 2.19. The van der Waals surface area contributed by atoms with Crippen LogP contribution in [-0.2, 0) is 5.41 Å². The highest BCUT2D eigenvalue weighted by atomic mass is 16.5. The van der Waals surface area contributed by atoms with Gasteiger partial charge in [-0.1, -0.05) is 86.1 Å². The van der Waals surface area contributed by atoms with E-state index in [0.29, 0.717) is 0 Å². The molecular formula is C48H37BN2O3. The predicted molar refractivity (Wildman–Crippen MR) is 220 cm³/mol. The summed E-state index contributed by atoms with van der Waals surface area (Å²) in [5.74, 6) is 1.88. The summed E-state index contributed by atoms with van der Waals surface area (Å²) in [6.45, 7) is 4.55. The second-order valence-corrected chi connectivity index (χ2v) is 15.9. The van der Waals surface area contributed by atoms with Crippen LogP contribution < -0.4 is 31.1 Å². The molecule has 2 unspecified atom stereocenters. The molecule has 12 rings (SSSR count). The van der Waals surface area contributed by atoms with Gasteiger partial charge in [0.2, 0.25) is 5.88 Å². The van der Waals surface area contributed by atoms with Crippen LogP contribution in [0.3, 0.4) is 0 Å². The topological polar surface area (TPSA) is 42.0 Å². The van der Waals surface area contributed by atoms with Crippen molar-refractivity contribution < 1.29 is 13.6 Å². The monoisotopic (exact) mass is 700 g/mol. The second-order valence-electron chi connectivity index (χ2n) is 15.9. The number of hydrogen-bond donors (Lipinski definition) is 0. The molecule has 5 heterocycles. The lowest BCUT2D eigenvalue weighted by molar-refractivity contribution is 0.00740. The Morgan fingerprint density at radius 2 is 1.24 bits per heavy atom. The summed E-state index contributed by atoms with van der Waals surface area (Å²) in [6.07, 6.45) is 4.70. The van der Waals surface area contributed by atoms with Crippen LogP contribution in [0.2, 0.25) is 0 Å². The molecule has 1 fully saturated rings. The van der Waals surface area contributed by atoms with Gasteiger partial charge in [0.1, 0.15) is 22.5 Å². The van der Waals surface area contributed by atoms with Gasteiger partial charge in [0, 0.05) is 50.0 Å². The van der Waals surface area contributed by atoms with Crippen molar-refractivity contribution in [2.45, 2.75) is 50.5 Å². The first-order valence-corrected chi connectivity index (χ1v) is 19.3. The molecule has 0 bridgehead atoms. The number of rotatable bonds is 3. The Morgan fingerprint density at radius 1 is 0.574 bits per heavy atom. The first-order chi connectivity index (χ1) is 26.5. The molecule has 0 radical (unpaired) electrons. The Bertz CT molecular complexity index is 2830. The third kappa shape index (κ3) is 3.90. The lowest BCUT2D eigenvalue weighted by Gasteiger charge is -2.43. The van der Waals surface area contributed by atoms with E-state index in [2.05, 4.69) is 163 Å². The number of hydrogen-bond acceptors (Lipinski definition) is 5. The zero-order valence-corrected chi connectivity index (χ0v) is 30.3. The third-order valence-corrected chi connectivity index (χ3v) is 13.1. The fraction of sp³-hybridized carbons (Fsp3) is 0.167. The second kappa shape index (κ2) is 10.7. The zero-order valence-electron chi connectivity index (χ0n) is 30.3. The highest BCUT2D eigenvalue weighted by Gasteiger charge is 2.55. The van der Waals surface area contributed by atoms with Gasteiger partial charge in [-0.05, 0) is 110 Å². The molecule has 2 atom stereocenters. The molecule has 6 heteroatoms. The maximum atomic E-state index is 7.15. The van der Waals surface area contributed by atoms with Gasteiger partial charge in [-0.25, -0.2) is 0 Å². The molecule has 5 nitrogen and oxygen atoms in total. The molecule has 0 N–H and O–H groups in total. The van der Waals surface area contributed by atoms with E-state index in [1.165, 1.54) is 35.0 Å². The summed E-state index contributed by atoms with van der Waals surface area (Å²) < 4.78 is 20.7. The van der Waals surface area contributed by atoms with E-state index >= 15 is 0 Å². The van der Waals surface area contributed by atoms with Crippen molar-refractivity contribution in [1.82, 2.24) is 0 Å². The van der Waals surface area contributed by atoms with Crippen molar-refractivity contribution >= 4 is 79.6 Å². The molecule has 0 amide bonds. The van der Waals surface area contributed by atoms with E-state index in [4.69, 9.17) is 13.6 Å². The maximum Gasteiger partial charge on any atom is 0.302 e. The van der Waals surface area contributed by atoms with Crippen molar-refractivity contribution in [1.29, 1.82) is 0 Å². The summed E-state index contributed by atoms with van der Waals surface area (Å²) in [6, 6.07) is 49.9. The molecule has 6 aromatic carbocycles. The van der Waals surface area contributed by atoms with E-state index in [9.17, 15) is 0 Å². The standard InChI is InChI=1S/C48H37BN2O3/c1-47-26-11-12-27-48(47,2)54-41-25-23-31(29-36(41)47)30-22-24-40-35(28-30)44-45(52-40)49-42-34-18-9-10-21-39(34)53-46(42)51(33-16-7-4-8-17-33)38-20-13-19-37(43(38)49)50(44)32-14-5-3-6-15-32/h3-10,13-25,28-29H,11-12,26-27H2,1-2H3. The van der Waals surface area contributed by atoms with Gasteiger partial charge in [0.25, 0.3) is 0 Å². The lowest BCUT2D eigenvalue weighted by atomic mass is 9.35. The Labute approximate surface area is 314 Å². The SMILES string of the molecule is CC12CCCCC1(C)c1cc(-c3ccc4oc5c(c4c3)N(c3ccccc3)c3cccc4c3B5c3c(oc5ccccc35)N4c3ccccc3)ccc1O2. The van der Waals surface area contributed by atoms with E-state index in [-0.39, 0.29) is 17.7 Å². The van der Waals surface area contributed by atoms with E-state index in [1.54, 1.807) is 0 Å². The molecule has 1 aliphatic carbocycles. The number of furan rings is 2. The lowest BCUT2D eigenvalue weighted by Crippen LogP contribution is -2.60. The number of para-hydroxylation sites is 3. The highest BCUT2D eigenvalue weighted by molar-refractivity contribution is 7.01. The number of benzene rings is 6. The average Bonchev–Trinajstić information content (AvgIpc) is 3.85. The van der Waals surface area contributed by atoms with Gasteiger partial charge >= 0.3 is 6.71 Å². The van der Waals surface area contributed by atoms with Crippen LogP contribution in [-0.4, -0.2) is 12.3 Å². The number of nitrogens with zero attached hydrogens (tertiary/aromatic N) is 2. The van der Waals surface area contributed by atoms with Crippen LogP contribution in [0.1, 0.15) is 45.1 Å². The molecule has 3 aliphatic heterocycles. The number of anilines is 6. The fourth-order valence-electron chi connectivity index (χ4n) is 10.3. The van der Waals surface area contributed by atoms with Gasteiger partial charge in [-0.2, -0.15) is 0 Å². The van der Waals surface area contributed by atoms with Gasteiger partial charge in [0.15, 0.2) is 0 Å². The summed E-state index contributed by atoms with van der Waals surface area (Å²) in [5.41, 5.74) is 14.0. The van der Waals surface area contributed by atoms with Crippen molar-refractivity contribution in [2.24, 2.45) is 0 Å². The summed E-state index contributed by atoms with van der Waals surface area (Å²) >= 11 is 0. The largest absolute Gasteiger partial charge is 0.486 e. The summed E-state index contributed by atoms with van der Waals surface area (Å²) in [4.78, 5) is 4.71. The molecule has 2 aromatic heterocycles. The van der Waals surface area contributed by atoms with Crippen LogP contribution in [0.4, 0.5) is 34.3 Å². The molecule has 8 aromatic rings. The quantitative estimate of drug-likeness (QED) is 0.172. The van der Waals surface area contributed by atoms with Crippen LogP contribution in [0, 0.1) is 0 Å². The smallest absolute Gasteiger partial charge is 0.302 e. The maximum absolute atomic E-state index is 7.15. The molecule has 260 valence electrons. The Morgan fingerprint density at radius 3 is 2.06 bits per heavy atom. The molecule has 1 saturated carbocycles. The van der Waals surface area contributed by atoms with Crippen LogP contribution in [0.15, 0.2) is 148 Å². The zero-order chi connectivity index (χ0) is 35.8. The molecular weight excluding hydrogens is 663 g/mol. The Balaban J connectivity index is 1.12. The van der Waals surface area contributed by atoms with Crippen LogP contribution in [0.5, 0.6) is 5.75 Å². The number of fused-ring (bicyclic) bond motifs is 11. The predicted octanol–water partition coefficient (Wildman–Crippen LogP) is 10.9. The minimum absolute atomic E-state index is 0.000710. The van der Waals surface area contributed by atoms with Crippen LogP contribution in [0.25, 0.3) is 33.1 Å². The fourth-order valence-corrected chi connectivity index (χ4v) is 10.3. The van der Waals surface area contributed by atoms with Gasteiger partial charge in [-0.15, -0.1) is 0 Å². The van der Waals surface area contributed by atoms with Gasteiger partial charge in [-0.3, -0.25) is 4.90 Å². The van der Waals surface area contributed by atoms with Gasteiger partial charge in [0.05, 0.1) is 11.3 Å². The number of ether oxygens (including phenoxy) is 1. The van der Waals surface area contributed by atoms with Crippen molar-refractivity contribution in [2.75, 3.05) is 9.80 Å². The van der Waals surface area contributed by atoms with E-state index in [0.717, 1.165) is 86.0 Å². The minimum atomic E-state index is -0.179. The van der Waals surface area contributed by atoms with Crippen molar-refractivity contribution in [3.05, 3.63) is 145 Å². The minimum Gasteiger partial charge on any atom is -0.486 e. The van der Waals surface area contributed by atoms with Gasteiger partial charge < -0.3 is 18.5 Å². The average molecular weight is 701 g/mol. The molecule has 0 saturated heterocycles. The molecule has 54 heavy (non-hydrogen) atoms.